The molecule has 4 heterocycles. The maximum Gasteiger partial charge on any atom is 0.337 e. The van der Waals surface area contributed by atoms with E-state index >= 15 is 0 Å². The van der Waals surface area contributed by atoms with Gasteiger partial charge in [-0.1, -0.05) is 203 Å². The van der Waals surface area contributed by atoms with Crippen molar-refractivity contribution in [3.05, 3.63) is 215 Å². The molecule has 90 heavy (non-hydrogen) atoms. The molecule has 2 aliphatic carbocycles. The van der Waals surface area contributed by atoms with E-state index in [4.69, 9.17) is 4.42 Å². The van der Waals surface area contributed by atoms with Crippen LogP contribution in [0.1, 0.15) is 182 Å². The Bertz CT molecular complexity index is 4670. The molecule has 0 fully saturated rings. The summed E-state index contributed by atoms with van der Waals surface area (Å²) in [4.78, 5) is 7.87. The minimum absolute atomic E-state index is 0.00540. The van der Waals surface area contributed by atoms with Crippen molar-refractivity contribution < 1.29 is 4.42 Å². The van der Waals surface area contributed by atoms with Crippen LogP contribution >= 0.6 is 11.3 Å². The number of nitrogens with zero attached hydrogens (tertiary/aromatic N) is 3. The van der Waals surface area contributed by atoms with Crippen molar-refractivity contribution in [3.63, 3.8) is 0 Å². The summed E-state index contributed by atoms with van der Waals surface area (Å²) in [6.07, 6.45) is 4.51. The monoisotopic (exact) mass is 1200 g/mol. The molecule has 4 nitrogen and oxygen atoms in total. The van der Waals surface area contributed by atoms with Crippen LogP contribution in [-0.2, 0) is 37.9 Å². The first kappa shape index (κ1) is 58.6. The van der Waals surface area contributed by atoms with E-state index in [1.54, 1.807) is 0 Å². The maximum absolute atomic E-state index is 7.98. The highest BCUT2D eigenvalue weighted by molar-refractivity contribution is 7.26. The number of furan rings is 1. The van der Waals surface area contributed by atoms with Gasteiger partial charge in [0.1, 0.15) is 5.58 Å². The first-order valence-electron chi connectivity index (χ1n) is 33.2. The number of hydrogen-bond donors (Lipinski definition) is 0. The van der Waals surface area contributed by atoms with Crippen LogP contribution in [0.3, 0.4) is 0 Å². The smallest absolute Gasteiger partial charge is 0.337 e. The lowest BCUT2D eigenvalue weighted by Gasteiger charge is -2.46. The van der Waals surface area contributed by atoms with Gasteiger partial charge in [0.25, 0.3) is 0 Å². The first-order valence-corrected chi connectivity index (χ1v) is 34.0. The second-order valence-corrected chi connectivity index (χ2v) is 33.8. The van der Waals surface area contributed by atoms with Gasteiger partial charge in [-0.15, -0.1) is 11.3 Å². The molecule has 0 saturated carbocycles. The van der Waals surface area contributed by atoms with Crippen LogP contribution in [0.15, 0.2) is 180 Å². The average molecular weight is 1200 g/mol. The highest BCUT2D eigenvalue weighted by Crippen LogP contribution is 2.58. The van der Waals surface area contributed by atoms with Gasteiger partial charge in [0.2, 0.25) is 5.88 Å². The fourth-order valence-electron chi connectivity index (χ4n) is 15.9. The zero-order chi connectivity index (χ0) is 63.1. The second-order valence-electron chi connectivity index (χ2n) is 32.7. The Hall–Kier alpha value is -7.80. The normalized spacial score (nSPS) is 17.1. The van der Waals surface area contributed by atoms with Crippen LogP contribution < -0.4 is 25.5 Å². The Morgan fingerprint density at radius 3 is 1.58 bits per heavy atom. The molecule has 11 aromatic rings. The molecule has 0 bridgehead atoms. The number of rotatable bonds is 6. The van der Waals surface area contributed by atoms with Crippen molar-refractivity contribution in [1.82, 2.24) is 0 Å². The maximum atomic E-state index is 7.98. The van der Waals surface area contributed by atoms with Crippen LogP contribution in [-0.4, -0.2) is 6.85 Å². The Balaban J connectivity index is 1.11. The molecule has 0 amide bonds. The summed E-state index contributed by atoms with van der Waals surface area (Å²) < 4.78 is 10.5. The molecule has 15 rings (SSSR count). The second kappa shape index (κ2) is 19.9. The van der Waals surface area contributed by atoms with Crippen LogP contribution in [0.2, 0.25) is 0 Å². The SMILES string of the molecule is CC(C)(C)c1ccc(N(c2ccc(C(C)(C)C)cc2)c2ccc3c(c2)-c2cc4c(sc5ccccc54)c4c2B(c2c(oc5cc6c(cc25)C(C)(C)CCC6(C)C)N4c2ccc(C(C)(C)C)cc2-c2ccccc2)N3c2ccc3c(c2)C(C)(C)CCC3(C)C)cc1. The van der Waals surface area contributed by atoms with Crippen LogP contribution in [0, 0.1) is 0 Å². The third-order valence-electron chi connectivity index (χ3n) is 21.7. The summed E-state index contributed by atoms with van der Waals surface area (Å²) in [5, 5.41) is 3.72. The predicted molar refractivity (Wildman–Crippen MR) is 390 cm³/mol. The highest BCUT2D eigenvalue weighted by atomic mass is 32.1. The van der Waals surface area contributed by atoms with Gasteiger partial charge in [0.15, 0.2) is 0 Å². The Morgan fingerprint density at radius 2 is 0.967 bits per heavy atom. The molecule has 0 saturated heterocycles. The van der Waals surface area contributed by atoms with Crippen LogP contribution in [0.4, 0.5) is 45.7 Å². The number of thiophene rings is 1. The molecular weight excluding hydrogens is 1110 g/mol. The summed E-state index contributed by atoms with van der Waals surface area (Å²) in [6.45, 7) is 40.3. The zero-order valence-corrected chi connectivity index (χ0v) is 57.1. The van der Waals surface area contributed by atoms with Gasteiger partial charge in [-0.3, -0.25) is 4.90 Å². The molecular formula is C84H88BN3OS. The molecule has 4 aliphatic rings. The van der Waals surface area contributed by atoms with E-state index in [-0.39, 0.29) is 44.8 Å². The Morgan fingerprint density at radius 1 is 0.433 bits per heavy atom. The molecule has 6 heteroatoms. The highest BCUT2D eigenvalue weighted by Gasteiger charge is 2.51. The van der Waals surface area contributed by atoms with E-state index in [1.165, 1.54) is 115 Å². The van der Waals surface area contributed by atoms with Crippen molar-refractivity contribution in [1.29, 1.82) is 0 Å². The molecule has 0 unspecified atom stereocenters. The average Bonchev–Trinajstić information content (AvgIpc) is 1.36. The number of fused-ring (bicyclic) bond motifs is 12. The summed E-state index contributed by atoms with van der Waals surface area (Å²) in [6, 6.07) is 68.8. The van der Waals surface area contributed by atoms with Gasteiger partial charge in [0, 0.05) is 65.9 Å². The lowest BCUT2D eigenvalue weighted by molar-refractivity contribution is 0.332. The van der Waals surface area contributed by atoms with Crippen molar-refractivity contribution in [2.45, 2.75) is 181 Å². The van der Waals surface area contributed by atoms with Crippen LogP contribution in [0.25, 0.3) is 53.4 Å². The Kier molecular flexibility index (Phi) is 12.9. The van der Waals surface area contributed by atoms with E-state index in [1.807, 2.05) is 11.3 Å². The molecule has 0 spiro atoms. The molecule has 9 aromatic carbocycles. The van der Waals surface area contributed by atoms with E-state index < -0.39 is 0 Å². The molecule has 0 N–H and O–H groups in total. The fourth-order valence-corrected chi connectivity index (χ4v) is 17.1. The van der Waals surface area contributed by atoms with Gasteiger partial charge in [0.05, 0.1) is 16.1 Å². The van der Waals surface area contributed by atoms with Crippen molar-refractivity contribution >= 4 is 106 Å². The third-order valence-corrected chi connectivity index (χ3v) is 22.9. The van der Waals surface area contributed by atoms with Gasteiger partial charge in [-0.05, 0) is 210 Å². The lowest BCUT2D eigenvalue weighted by Crippen LogP contribution is -2.61. The third kappa shape index (κ3) is 9.17. The van der Waals surface area contributed by atoms with Crippen molar-refractivity contribution in [3.8, 4) is 22.3 Å². The van der Waals surface area contributed by atoms with Gasteiger partial charge < -0.3 is 14.1 Å². The quantitative estimate of drug-likeness (QED) is 0.155. The van der Waals surface area contributed by atoms with Crippen LogP contribution in [0.5, 0.6) is 0 Å². The van der Waals surface area contributed by atoms with Crippen molar-refractivity contribution in [2.24, 2.45) is 0 Å². The topological polar surface area (TPSA) is 22.9 Å². The van der Waals surface area contributed by atoms with Crippen molar-refractivity contribution in [2.75, 3.05) is 14.6 Å². The molecule has 0 radical (unpaired) electrons. The lowest BCUT2D eigenvalue weighted by atomic mass is 9.43. The molecule has 0 atom stereocenters. The summed E-state index contributed by atoms with van der Waals surface area (Å²) in [7, 11) is 0. The fraction of sp³-hybridized carbons (Fsp3) is 0.333. The molecule has 454 valence electrons. The number of hydrogen-bond acceptors (Lipinski definition) is 5. The number of benzene rings is 9. The minimum Gasteiger partial charge on any atom is -0.440 e. The summed E-state index contributed by atoms with van der Waals surface area (Å²) in [5.74, 6) is 0.894. The zero-order valence-electron chi connectivity index (χ0n) is 56.3. The summed E-state index contributed by atoms with van der Waals surface area (Å²) in [5.41, 5.74) is 25.9. The van der Waals surface area contributed by atoms with E-state index in [2.05, 4.69) is 308 Å². The largest absolute Gasteiger partial charge is 0.440 e. The minimum atomic E-state index is -0.286. The first-order chi connectivity index (χ1) is 42.5. The Labute approximate surface area is 540 Å². The van der Waals surface area contributed by atoms with E-state index in [9.17, 15) is 0 Å². The van der Waals surface area contributed by atoms with Gasteiger partial charge >= 0.3 is 6.85 Å². The molecule has 2 aliphatic heterocycles. The standard InChI is InChI=1S/C84H88BN3OS/c1-78(2,3)52-27-32-55(33-28-52)86(56-34-29-53(30-35-56)79(4,5)6)57-37-40-70-61(46-57)62-48-63-59-25-21-22-26-72(59)90-76(63)75-73(62)85(88(70)58-36-38-65-66(47-58)82(12,13)42-41-81(65,10)11)74-64-49-67-68(84(16,17)44-43-83(67,14)15)50-71(64)89-77(74)87(75)69-39-31-54(80(7,8)9)45-60(69)51-23-19-18-20-24-51/h18-40,45-50H,41-44H2,1-17H3. The van der Waals surface area contributed by atoms with E-state index in [0.717, 1.165) is 59.9 Å². The summed E-state index contributed by atoms with van der Waals surface area (Å²) >= 11 is 1.92. The van der Waals surface area contributed by atoms with Gasteiger partial charge in [-0.2, -0.15) is 0 Å². The molecule has 2 aromatic heterocycles. The van der Waals surface area contributed by atoms with Gasteiger partial charge in [-0.25, -0.2) is 0 Å². The van der Waals surface area contributed by atoms with E-state index in [0.29, 0.717) is 0 Å². The number of anilines is 8. The predicted octanol–water partition coefficient (Wildman–Crippen LogP) is 23.2.